The van der Waals surface area contributed by atoms with Crippen LogP contribution in [0, 0.1) is 18.3 Å². The van der Waals surface area contributed by atoms with Crippen LogP contribution in [0.1, 0.15) is 29.0 Å². The van der Waals surface area contributed by atoms with E-state index < -0.39 is 5.72 Å². The quantitative estimate of drug-likeness (QED) is 0.863. The number of fused-ring (bicyclic) bond motifs is 1. The molecule has 5 nitrogen and oxygen atoms in total. The molecule has 2 aliphatic rings. The first kappa shape index (κ1) is 18.6. The van der Waals surface area contributed by atoms with Gasteiger partial charge < -0.3 is 9.84 Å². The van der Waals surface area contributed by atoms with Gasteiger partial charge >= 0.3 is 0 Å². The third-order valence-corrected chi connectivity index (χ3v) is 6.56. The van der Waals surface area contributed by atoms with Crippen molar-refractivity contribution in [2.45, 2.75) is 25.0 Å². The Morgan fingerprint density at radius 1 is 1.25 bits per heavy atom. The van der Waals surface area contributed by atoms with Gasteiger partial charge in [-0.25, -0.2) is 0 Å². The summed E-state index contributed by atoms with van der Waals surface area (Å²) in [6, 6.07) is 17.2. The van der Waals surface area contributed by atoms with Crippen molar-refractivity contribution in [2.75, 3.05) is 12.9 Å². The maximum absolute atomic E-state index is 13.1. The highest BCUT2D eigenvalue weighted by Gasteiger charge is 2.52. The summed E-state index contributed by atoms with van der Waals surface area (Å²) in [7, 11) is 1.58. The molecule has 28 heavy (non-hydrogen) atoms. The van der Waals surface area contributed by atoms with Crippen LogP contribution in [0.2, 0.25) is 0 Å². The summed E-state index contributed by atoms with van der Waals surface area (Å²) in [6.45, 7) is 1.97. The van der Waals surface area contributed by atoms with Crippen molar-refractivity contribution in [3.05, 3.63) is 75.8 Å². The van der Waals surface area contributed by atoms with Gasteiger partial charge in [-0.1, -0.05) is 48.0 Å². The van der Waals surface area contributed by atoms with Crippen LogP contribution in [0.3, 0.4) is 0 Å². The number of benzene rings is 2. The van der Waals surface area contributed by atoms with Gasteiger partial charge in [0, 0.05) is 23.5 Å². The van der Waals surface area contributed by atoms with Crippen LogP contribution in [0.25, 0.3) is 0 Å². The first-order chi connectivity index (χ1) is 13.5. The number of aryl methyl sites for hydroxylation is 1. The van der Waals surface area contributed by atoms with E-state index in [1.165, 1.54) is 16.7 Å². The summed E-state index contributed by atoms with van der Waals surface area (Å²) in [6.07, 6.45) is 0.113. The number of hydrogen-bond acceptors (Lipinski definition) is 5. The maximum atomic E-state index is 13.1. The predicted octanol–water partition coefficient (Wildman–Crippen LogP) is 3.65. The molecule has 0 bridgehead atoms. The monoisotopic (exact) mass is 392 g/mol. The van der Waals surface area contributed by atoms with Crippen molar-refractivity contribution in [3.63, 3.8) is 0 Å². The lowest BCUT2D eigenvalue weighted by Crippen LogP contribution is -2.48. The lowest BCUT2D eigenvalue weighted by molar-refractivity contribution is -0.149. The number of ether oxygens (including phenoxy) is 1. The smallest absolute Gasteiger partial charge is 0.231 e. The van der Waals surface area contributed by atoms with Gasteiger partial charge in [0.25, 0.3) is 0 Å². The molecule has 4 rings (SSSR count). The van der Waals surface area contributed by atoms with E-state index in [0.29, 0.717) is 27.7 Å². The fraction of sp³-hybridized carbons (Fsp3) is 0.273. The second kappa shape index (κ2) is 7.01. The molecule has 0 aliphatic carbocycles. The number of para-hydroxylation sites is 1. The molecule has 1 N–H and O–H groups in total. The lowest BCUT2D eigenvalue weighted by Gasteiger charge is -2.38. The predicted molar refractivity (Wildman–Crippen MR) is 107 cm³/mol. The minimum absolute atomic E-state index is 0.113. The Morgan fingerprint density at radius 2 is 1.96 bits per heavy atom. The highest BCUT2D eigenvalue weighted by atomic mass is 32.2. The number of methoxy groups -OCH3 is 1. The molecule has 1 saturated heterocycles. The summed E-state index contributed by atoms with van der Waals surface area (Å²) in [4.78, 5) is 14.6. The minimum Gasteiger partial charge on any atom is -0.496 e. The number of carbonyl (C=O) groups is 1. The Kier molecular flexibility index (Phi) is 4.66. The molecule has 2 aromatic rings. The van der Waals surface area contributed by atoms with Gasteiger partial charge in [-0.05, 0) is 13.0 Å². The van der Waals surface area contributed by atoms with E-state index in [0.717, 1.165) is 11.1 Å². The number of rotatable bonds is 3. The zero-order valence-electron chi connectivity index (χ0n) is 15.7. The van der Waals surface area contributed by atoms with Gasteiger partial charge in [0.05, 0.1) is 29.5 Å². The third-order valence-electron chi connectivity index (χ3n) is 5.34. The Morgan fingerprint density at radius 3 is 2.64 bits per heavy atom. The molecular weight excluding hydrogens is 372 g/mol. The molecule has 0 aromatic heterocycles. The Bertz CT molecular complexity index is 1010. The number of aliphatic hydroxyl groups is 1. The molecule has 6 heteroatoms. The van der Waals surface area contributed by atoms with Gasteiger partial charge in [-0.2, -0.15) is 5.26 Å². The van der Waals surface area contributed by atoms with Crippen LogP contribution in [0.15, 0.2) is 59.1 Å². The first-order valence-electron chi connectivity index (χ1n) is 9.02. The molecule has 142 valence electrons. The van der Waals surface area contributed by atoms with Crippen molar-refractivity contribution in [3.8, 4) is 11.8 Å². The summed E-state index contributed by atoms with van der Waals surface area (Å²) in [5.41, 5.74) is 1.60. The Hall–Kier alpha value is -2.75. The van der Waals surface area contributed by atoms with E-state index >= 15 is 0 Å². The Balaban J connectivity index is 1.82. The molecule has 0 spiro atoms. The van der Waals surface area contributed by atoms with Crippen molar-refractivity contribution in [1.82, 2.24) is 4.90 Å². The topological polar surface area (TPSA) is 73.6 Å². The lowest BCUT2D eigenvalue weighted by atomic mass is 9.85. The van der Waals surface area contributed by atoms with Gasteiger partial charge in [0.2, 0.25) is 5.91 Å². The fourth-order valence-corrected chi connectivity index (χ4v) is 5.24. The van der Waals surface area contributed by atoms with Crippen molar-refractivity contribution in [1.29, 1.82) is 5.26 Å². The maximum Gasteiger partial charge on any atom is 0.231 e. The van der Waals surface area contributed by atoms with Crippen LogP contribution < -0.4 is 4.74 Å². The standard InChI is InChI=1S/C22H20N2O3S/c1-14-7-9-15(10-8-14)22(26)13-28-21-18(12-23)17(11-20(25)24(21)22)16-5-3-4-6-19(16)27-2/h3-10,17,26H,11,13H2,1-2H3. The summed E-state index contributed by atoms with van der Waals surface area (Å²) in [5.74, 6) is 0.366. The number of nitrogens with zero attached hydrogens (tertiary/aromatic N) is 2. The molecular formula is C22H20N2O3S. The van der Waals surface area contributed by atoms with Gasteiger partial charge in [-0.3, -0.25) is 9.69 Å². The van der Waals surface area contributed by atoms with Crippen molar-refractivity contribution < 1.29 is 14.6 Å². The van der Waals surface area contributed by atoms with Crippen LogP contribution >= 0.6 is 11.8 Å². The second-order valence-corrected chi connectivity index (χ2v) is 7.99. The minimum atomic E-state index is -1.45. The molecule has 2 aliphatic heterocycles. The molecule has 0 saturated carbocycles. The zero-order valence-corrected chi connectivity index (χ0v) is 16.5. The zero-order chi connectivity index (χ0) is 19.9. The second-order valence-electron chi connectivity index (χ2n) is 7.03. The van der Waals surface area contributed by atoms with Gasteiger partial charge in [0.1, 0.15) is 5.75 Å². The van der Waals surface area contributed by atoms with Crippen LogP contribution in [0.5, 0.6) is 5.75 Å². The highest BCUT2D eigenvalue weighted by molar-refractivity contribution is 8.03. The third kappa shape index (κ3) is 2.79. The molecule has 2 heterocycles. The largest absolute Gasteiger partial charge is 0.496 e. The normalized spacial score (nSPS) is 24.1. The van der Waals surface area contributed by atoms with Gasteiger partial charge in [-0.15, -0.1) is 11.8 Å². The number of nitriles is 1. The molecule has 2 unspecified atom stereocenters. The van der Waals surface area contributed by atoms with E-state index in [-0.39, 0.29) is 18.2 Å². The van der Waals surface area contributed by atoms with Crippen LogP contribution in [-0.4, -0.2) is 28.8 Å². The average molecular weight is 392 g/mol. The number of thioether (sulfide) groups is 1. The average Bonchev–Trinajstić information content (AvgIpc) is 3.07. The van der Waals surface area contributed by atoms with Crippen LogP contribution in [0.4, 0.5) is 0 Å². The molecule has 1 fully saturated rings. The number of carbonyl (C=O) groups excluding carboxylic acids is 1. The number of amides is 1. The van der Waals surface area contributed by atoms with Gasteiger partial charge in [0.15, 0.2) is 5.72 Å². The van der Waals surface area contributed by atoms with E-state index in [4.69, 9.17) is 4.74 Å². The fourth-order valence-electron chi connectivity index (χ4n) is 3.88. The SMILES string of the molecule is COc1ccccc1C1CC(=O)N2C(=C1C#N)SCC2(O)c1ccc(C)cc1. The van der Waals surface area contributed by atoms with Crippen LogP contribution in [-0.2, 0) is 10.5 Å². The molecule has 1 amide bonds. The van der Waals surface area contributed by atoms with Crippen molar-refractivity contribution in [2.24, 2.45) is 0 Å². The molecule has 0 radical (unpaired) electrons. The summed E-state index contributed by atoms with van der Waals surface area (Å²) < 4.78 is 5.45. The van der Waals surface area contributed by atoms with E-state index in [2.05, 4.69) is 6.07 Å². The van der Waals surface area contributed by atoms with E-state index in [1.54, 1.807) is 7.11 Å². The van der Waals surface area contributed by atoms with E-state index in [9.17, 15) is 15.2 Å². The summed E-state index contributed by atoms with van der Waals surface area (Å²) >= 11 is 1.35. The molecule has 2 aromatic carbocycles. The Labute approximate surface area is 168 Å². The molecule has 2 atom stereocenters. The van der Waals surface area contributed by atoms with E-state index in [1.807, 2.05) is 55.5 Å². The number of allylic oxidation sites excluding steroid dienone is 1. The highest BCUT2D eigenvalue weighted by Crippen LogP contribution is 2.52. The number of hydrogen-bond donors (Lipinski definition) is 1. The first-order valence-corrected chi connectivity index (χ1v) is 10.0. The van der Waals surface area contributed by atoms with Crippen molar-refractivity contribution >= 4 is 17.7 Å². The summed E-state index contributed by atoms with van der Waals surface area (Å²) in [5, 5.41) is 21.9.